The van der Waals surface area contributed by atoms with Gasteiger partial charge in [0.1, 0.15) is 17.1 Å². The lowest BCUT2D eigenvalue weighted by molar-refractivity contribution is -0.124. The van der Waals surface area contributed by atoms with E-state index in [0.29, 0.717) is 30.2 Å². The van der Waals surface area contributed by atoms with Crippen LogP contribution < -0.4 is 5.32 Å². The number of rotatable bonds is 9. The minimum absolute atomic E-state index is 0.186. The standard InChI is InChI=1S/C20H26N2O6S/c1-5-22(6-2)29(25,26)17-9-7-16(8-10-17)12-21-19(23)13-27-20(24)18-11-14(3)28-15(18)4/h7-11H,5-6,12-13H2,1-4H3,(H,21,23). The van der Waals surface area contributed by atoms with E-state index in [1.807, 2.05) is 0 Å². The van der Waals surface area contributed by atoms with Crippen LogP contribution in [0.25, 0.3) is 0 Å². The Bertz CT molecular complexity index is 959. The van der Waals surface area contributed by atoms with E-state index in [1.165, 1.54) is 16.4 Å². The number of nitrogens with one attached hydrogen (secondary N) is 1. The van der Waals surface area contributed by atoms with E-state index in [2.05, 4.69) is 5.32 Å². The molecule has 0 aliphatic heterocycles. The fraction of sp³-hybridized carbons (Fsp3) is 0.400. The molecular weight excluding hydrogens is 396 g/mol. The Kier molecular flexibility index (Phi) is 7.58. The average molecular weight is 423 g/mol. The first-order valence-electron chi connectivity index (χ1n) is 9.29. The molecule has 2 aromatic rings. The maximum atomic E-state index is 12.5. The molecule has 0 saturated carbocycles. The van der Waals surface area contributed by atoms with Crippen LogP contribution in [0.3, 0.4) is 0 Å². The van der Waals surface area contributed by atoms with Crippen molar-refractivity contribution in [2.45, 2.75) is 39.1 Å². The molecule has 9 heteroatoms. The van der Waals surface area contributed by atoms with Crippen molar-refractivity contribution in [3.05, 3.63) is 53.0 Å². The van der Waals surface area contributed by atoms with E-state index in [9.17, 15) is 18.0 Å². The predicted molar refractivity (Wildman–Crippen MR) is 107 cm³/mol. The highest BCUT2D eigenvalue weighted by Gasteiger charge is 2.21. The van der Waals surface area contributed by atoms with Crippen molar-refractivity contribution in [2.24, 2.45) is 0 Å². The number of hydrogen-bond acceptors (Lipinski definition) is 6. The van der Waals surface area contributed by atoms with E-state index in [1.54, 1.807) is 45.9 Å². The van der Waals surface area contributed by atoms with Crippen molar-refractivity contribution in [1.82, 2.24) is 9.62 Å². The second kappa shape index (κ2) is 9.71. The van der Waals surface area contributed by atoms with Crippen LogP contribution in [0.5, 0.6) is 0 Å². The monoisotopic (exact) mass is 422 g/mol. The van der Waals surface area contributed by atoms with Crippen LogP contribution in [0, 0.1) is 13.8 Å². The van der Waals surface area contributed by atoms with Gasteiger partial charge >= 0.3 is 5.97 Å². The second-order valence-corrected chi connectivity index (χ2v) is 8.35. The van der Waals surface area contributed by atoms with E-state index < -0.39 is 28.5 Å². The summed E-state index contributed by atoms with van der Waals surface area (Å²) in [5, 5.41) is 2.63. The lowest BCUT2D eigenvalue weighted by Crippen LogP contribution is -2.30. The number of benzene rings is 1. The quantitative estimate of drug-likeness (QED) is 0.622. The van der Waals surface area contributed by atoms with E-state index in [-0.39, 0.29) is 11.4 Å². The molecule has 0 radical (unpaired) electrons. The second-order valence-electron chi connectivity index (χ2n) is 6.41. The average Bonchev–Trinajstić information content (AvgIpc) is 3.03. The van der Waals surface area contributed by atoms with E-state index >= 15 is 0 Å². The molecule has 1 aromatic carbocycles. The Morgan fingerprint density at radius 3 is 2.24 bits per heavy atom. The molecule has 1 amide bonds. The molecule has 0 spiro atoms. The van der Waals surface area contributed by atoms with Crippen LogP contribution in [0.2, 0.25) is 0 Å². The molecule has 0 aliphatic rings. The van der Waals surface area contributed by atoms with Gasteiger partial charge in [0.25, 0.3) is 5.91 Å². The van der Waals surface area contributed by atoms with Gasteiger partial charge in [0.2, 0.25) is 10.0 Å². The number of carbonyl (C=O) groups excluding carboxylic acids is 2. The third-order valence-corrected chi connectivity index (χ3v) is 6.42. The molecule has 158 valence electrons. The maximum absolute atomic E-state index is 12.5. The third kappa shape index (κ3) is 5.68. The smallest absolute Gasteiger partial charge is 0.342 e. The summed E-state index contributed by atoms with van der Waals surface area (Å²) in [5.41, 5.74) is 1.02. The fourth-order valence-electron chi connectivity index (χ4n) is 2.79. The molecule has 29 heavy (non-hydrogen) atoms. The Morgan fingerprint density at radius 1 is 1.10 bits per heavy atom. The number of aryl methyl sites for hydroxylation is 2. The third-order valence-electron chi connectivity index (χ3n) is 4.35. The number of esters is 1. The summed E-state index contributed by atoms with van der Waals surface area (Å²) in [6, 6.07) is 7.86. The maximum Gasteiger partial charge on any atom is 0.342 e. The van der Waals surface area contributed by atoms with Gasteiger partial charge in [-0.25, -0.2) is 13.2 Å². The molecule has 0 saturated heterocycles. The molecule has 8 nitrogen and oxygen atoms in total. The molecule has 0 atom stereocenters. The number of amides is 1. The van der Waals surface area contributed by atoms with Crippen molar-refractivity contribution in [3.8, 4) is 0 Å². The van der Waals surface area contributed by atoms with Gasteiger partial charge in [-0.2, -0.15) is 4.31 Å². The summed E-state index contributed by atoms with van der Waals surface area (Å²) in [4.78, 5) is 24.1. The van der Waals surface area contributed by atoms with Gasteiger partial charge in [-0.1, -0.05) is 26.0 Å². The SMILES string of the molecule is CCN(CC)S(=O)(=O)c1ccc(CNC(=O)COC(=O)c2cc(C)oc2C)cc1. The zero-order chi connectivity index (χ0) is 21.6. The van der Waals surface area contributed by atoms with Gasteiger partial charge in [0.15, 0.2) is 6.61 Å². The molecule has 0 aliphatic carbocycles. The molecular formula is C20H26N2O6S. The first-order chi connectivity index (χ1) is 13.7. The lowest BCUT2D eigenvalue weighted by atomic mass is 10.2. The topological polar surface area (TPSA) is 106 Å². The number of nitrogens with zero attached hydrogens (tertiary/aromatic N) is 1. The fourth-order valence-corrected chi connectivity index (χ4v) is 4.24. The zero-order valence-electron chi connectivity index (χ0n) is 17.0. The highest BCUT2D eigenvalue weighted by molar-refractivity contribution is 7.89. The van der Waals surface area contributed by atoms with Crippen molar-refractivity contribution in [1.29, 1.82) is 0 Å². The van der Waals surface area contributed by atoms with Gasteiger partial charge in [-0.05, 0) is 37.6 Å². The molecule has 1 heterocycles. The van der Waals surface area contributed by atoms with Crippen molar-refractivity contribution in [3.63, 3.8) is 0 Å². The highest BCUT2D eigenvalue weighted by atomic mass is 32.2. The number of carbonyl (C=O) groups is 2. The van der Waals surface area contributed by atoms with Crippen LogP contribution in [-0.4, -0.2) is 44.3 Å². The van der Waals surface area contributed by atoms with Gasteiger partial charge < -0.3 is 14.5 Å². The van der Waals surface area contributed by atoms with Gasteiger partial charge in [0.05, 0.1) is 4.90 Å². The summed E-state index contributed by atoms with van der Waals surface area (Å²) in [5.74, 6) is -0.0606. The Hall–Kier alpha value is -2.65. The van der Waals surface area contributed by atoms with Crippen LogP contribution >= 0.6 is 0 Å². The Balaban J connectivity index is 1.87. The number of sulfonamides is 1. The van der Waals surface area contributed by atoms with E-state index in [4.69, 9.17) is 9.15 Å². The minimum Gasteiger partial charge on any atom is -0.466 e. The van der Waals surface area contributed by atoms with Crippen molar-refractivity contribution >= 4 is 21.9 Å². The summed E-state index contributed by atoms with van der Waals surface area (Å²) in [6.45, 7) is 7.49. The molecule has 0 unspecified atom stereocenters. The molecule has 0 bridgehead atoms. The highest BCUT2D eigenvalue weighted by Crippen LogP contribution is 2.16. The summed E-state index contributed by atoms with van der Waals surface area (Å²) in [6.07, 6.45) is 0. The van der Waals surface area contributed by atoms with E-state index in [0.717, 1.165) is 5.56 Å². The lowest BCUT2D eigenvalue weighted by Gasteiger charge is -2.18. The molecule has 1 N–H and O–H groups in total. The van der Waals surface area contributed by atoms with Crippen molar-refractivity contribution < 1.29 is 27.2 Å². The van der Waals surface area contributed by atoms with Crippen LogP contribution in [0.4, 0.5) is 0 Å². The Labute approximate surface area is 170 Å². The Morgan fingerprint density at radius 2 is 1.72 bits per heavy atom. The molecule has 2 rings (SSSR count). The molecule has 1 aromatic heterocycles. The van der Waals surface area contributed by atoms with Crippen molar-refractivity contribution in [2.75, 3.05) is 19.7 Å². The van der Waals surface area contributed by atoms with Crippen LogP contribution in [-0.2, 0) is 26.1 Å². The van der Waals surface area contributed by atoms with Crippen LogP contribution in [0.15, 0.2) is 39.6 Å². The summed E-state index contributed by atoms with van der Waals surface area (Å²) < 4.78 is 36.6. The summed E-state index contributed by atoms with van der Waals surface area (Å²) >= 11 is 0. The van der Waals surface area contributed by atoms with Gasteiger partial charge in [0, 0.05) is 19.6 Å². The van der Waals surface area contributed by atoms with Crippen LogP contribution in [0.1, 0.15) is 41.3 Å². The predicted octanol–water partition coefficient (Wildman–Crippen LogP) is 2.40. The number of furan rings is 1. The zero-order valence-corrected chi connectivity index (χ0v) is 17.8. The first-order valence-corrected chi connectivity index (χ1v) is 10.7. The minimum atomic E-state index is -3.51. The van der Waals surface area contributed by atoms with Gasteiger partial charge in [-0.3, -0.25) is 4.79 Å². The number of ether oxygens (including phenoxy) is 1. The van der Waals surface area contributed by atoms with Gasteiger partial charge in [-0.15, -0.1) is 0 Å². The number of hydrogen-bond donors (Lipinski definition) is 1. The summed E-state index contributed by atoms with van der Waals surface area (Å²) in [7, 11) is -3.51. The molecule has 0 fully saturated rings. The normalized spacial score (nSPS) is 11.5. The largest absolute Gasteiger partial charge is 0.466 e. The first kappa shape index (κ1) is 22.6.